The number of nitrogens with two attached hydrogens (primary N) is 1. The van der Waals surface area contributed by atoms with E-state index in [0.29, 0.717) is 11.4 Å². The summed E-state index contributed by atoms with van der Waals surface area (Å²) < 4.78 is 0. The van der Waals surface area contributed by atoms with Gasteiger partial charge in [-0.1, -0.05) is 30.3 Å². The topological polar surface area (TPSA) is 79.5 Å². The smallest absolute Gasteiger partial charge is 0.339 e. The highest BCUT2D eigenvalue weighted by Gasteiger charge is 2.06. The van der Waals surface area contributed by atoms with E-state index in [9.17, 15) is 4.79 Å². The Bertz CT molecular complexity index is 702. The Hall–Kier alpha value is -2.82. The van der Waals surface area contributed by atoms with Crippen LogP contribution in [-0.2, 0) is 0 Å². The lowest BCUT2D eigenvalue weighted by molar-refractivity contribution is 0.252. The molecule has 5 nitrogen and oxygen atoms in total. The highest BCUT2D eigenvalue weighted by Crippen LogP contribution is 2.19. The van der Waals surface area contributed by atoms with Crippen molar-refractivity contribution in [3.8, 4) is 0 Å². The number of carbonyl (C=O) groups is 1. The molecule has 2 aromatic carbocycles. The second-order valence-electron chi connectivity index (χ2n) is 5.16. The van der Waals surface area contributed by atoms with Gasteiger partial charge in [0.05, 0.1) is 5.71 Å². The minimum atomic E-state index is -0.374. The number of amides is 2. The quantitative estimate of drug-likeness (QED) is 0.461. The second-order valence-corrected chi connectivity index (χ2v) is 5.16. The van der Waals surface area contributed by atoms with Gasteiger partial charge in [-0.15, -0.1) is 0 Å². The Morgan fingerprint density at radius 3 is 2.36 bits per heavy atom. The molecular weight excluding hydrogens is 276 g/mol. The monoisotopic (exact) mass is 296 g/mol. The van der Waals surface area contributed by atoms with Gasteiger partial charge in [-0.25, -0.2) is 10.2 Å². The van der Waals surface area contributed by atoms with Gasteiger partial charge in [0.25, 0.3) is 0 Å². The van der Waals surface area contributed by atoms with Crippen molar-refractivity contribution in [3.05, 3.63) is 59.2 Å². The van der Waals surface area contributed by atoms with E-state index >= 15 is 0 Å². The van der Waals surface area contributed by atoms with E-state index in [1.807, 2.05) is 57.2 Å². The molecule has 0 aliphatic rings. The molecule has 0 aliphatic heterocycles. The van der Waals surface area contributed by atoms with Gasteiger partial charge in [0.15, 0.2) is 0 Å². The number of rotatable bonds is 3. The van der Waals surface area contributed by atoms with Crippen molar-refractivity contribution in [2.75, 3.05) is 11.1 Å². The van der Waals surface area contributed by atoms with Crippen molar-refractivity contribution in [1.29, 1.82) is 0 Å². The first-order valence-electron chi connectivity index (χ1n) is 7.01. The minimum Gasteiger partial charge on any atom is -0.399 e. The standard InChI is InChI=1S/C17H20N4O/c1-11-6-4-7-12(2)16(11)19-17(22)21-20-13(3)14-8-5-9-15(18)10-14/h4-10H,18H2,1-3H3,(H2,19,21,22)/b20-13+. The van der Waals surface area contributed by atoms with Crippen LogP contribution >= 0.6 is 0 Å². The summed E-state index contributed by atoms with van der Waals surface area (Å²) in [4.78, 5) is 12.0. The van der Waals surface area contributed by atoms with Crippen LogP contribution in [0.5, 0.6) is 0 Å². The zero-order chi connectivity index (χ0) is 16.1. The molecule has 0 aliphatic carbocycles. The number of anilines is 2. The molecule has 0 radical (unpaired) electrons. The Balaban J connectivity index is 2.05. The summed E-state index contributed by atoms with van der Waals surface area (Å²) in [7, 11) is 0. The Morgan fingerprint density at radius 1 is 1.09 bits per heavy atom. The lowest BCUT2D eigenvalue weighted by Crippen LogP contribution is -2.26. The number of hydrogen-bond donors (Lipinski definition) is 3. The van der Waals surface area contributed by atoms with Crippen molar-refractivity contribution < 1.29 is 4.79 Å². The predicted octanol–water partition coefficient (Wildman–Crippen LogP) is 3.43. The van der Waals surface area contributed by atoms with Crippen molar-refractivity contribution in [1.82, 2.24) is 5.43 Å². The van der Waals surface area contributed by atoms with Crippen molar-refractivity contribution >= 4 is 23.1 Å². The minimum absolute atomic E-state index is 0.374. The molecule has 5 heteroatoms. The van der Waals surface area contributed by atoms with Crippen molar-refractivity contribution in [2.45, 2.75) is 20.8 Å². The molecule has 0 bridgehead atoms. The third-order valence-electron chi connectivity index (χ3n) is 3.35. The number of urea groups is 1. The van der Waals surface area contributed by atoms with E-state index < -0.39 is 0 Å². The molecule has 2 aromatic rings. The third kappa shape index (κ3) is 3.85. The summed E-state index contributed by atoms with van der Waals surface area (Å²) in [6.07, 6.45) is 0. The third-order valence-corrected chi connectivity index (χ3v) is 3.35. The first-order chi connectivity index (χ1) is 10.5. The maximum atomic E-state index is 12.0. The predicted molar refractivity (Wildman–Crippen MR) is 91.1 cm³/mol. The summed E-state index contributed by atoms with van der Waals surface area (Å²) in [5, 5.41) is 6.90. The number of hydrazone groups is 1. The number of nitrogens with zero attached hydrogens (tertiary/aromatic N) is 1. The number of nitrogen functional groups attached to an aromatic ring is 1. The molecule has 22 heavy (non-hydrogen) atoms. The average molecular weight is 296 g/mol. The lowest BCUT2D eigenvalue weighted by Gasteiger charge is -2.11. The zero-order valence-electron chi connectivity index (χ0n) is 13.0. The number of benzene rings is 2. The summed E-state index contributed by atoms with van der Waals surface area (Å²) >= 11 is 0. The van der Waals surface area contributed by atoms with E-state index in [0.717, 1.165) is 22.4 Å². The summed E-state index contributed by atoms with van der Waals surface area (Å²) in [6, 6.07) is 12.8. The van der Waals surface area contributed by atoms with Crippen LogP contribution in [0.2, 0.25) is 0 Å². The van der Waals surface area contributed by atoms with Crippen LogP contribution in [-0.4, -0.2) is 11.7 Å². The normalized spacial score (nSPS) is 11.1. The van der Waals surface area contributed by atoms with Crippen LogP contribution in [0.1, 0.15) is 23.6 Å². The molecule has 4 N–H and O–H groups in total. The van der Waals surface area contributed by atoms with Crippen LogP contribution < -0.4 is 16.5 Å². The molecule has 0 unspecified atom stereocenters. The summed E-state index contributed by atoms with van der Waals surface area (Å²) in [6.45, 7) is 5.71. The molecule has 114 valence electrons. The van der Waals surface area contributed by atoms with Crippen LogP contribution in [0, 0.1) is 13.8 Å². The first kappa shape index (κ1) is 15.6. The molecule has 2 amide bonds. The number of hydrogen-bond acceptors (Lipinski definition) is 3. The highest BCUT2D eigenvalue weighted by atomic mass is 16.2. The maximum absolute atomic E-state index is 12.0. The Morgan fingerprint density at radius 2 is 1.73 bits per heavy atom. The van der Waals surface area contributed by atoms with Crippen LogP contribution in [0.3, 0.4) is 0 Å². The highest BCUT2D eigenvalue weighted by molar-refractivity contribution is 6.00. The van der Waals surface area contributed by atoms with Gasteiger partial charge in [-0.05, 0) is 49.6 Å². The van der Waals surface area contributed by atoms with E-state index in [1.165, 1.54) is 0 Å². The van der Waals surface area contributed by atoms with Crippen LogP contribution in [0.25, 0.3) is 0 Å². The Labute approximate surface area is 130 Å². The molecule has 0 aromatic heterocycles. The van der Waals surface area contributed by atoms with Gasteiger partial charge in [-0.3, -0.25) is 0 Å². The fraction of sp³-hybridized carbons (Fsp3) is 0.176. The van der Waals surface area contributed by atoms with Crippen molar-refractivity contribution in [3.63, 3.8) is 0 Å². The van der Waals surface area contributed by atoms with Gasteiger partial charge >= 0.3 is 6.03 Å². The summed E-state index contributed by atoms with van der Waals surface area (Å²) in [5.41, 5.74) is 13.3. The number of aryl methyl sites for hydroxylation is 2. The largest absolute Gasteiger partial charge is 0.399 e. The van der Waals surface area contributed by atoms with Gasteiger partial charge in [0.1, 0.15) is 0 Å². The van der Waals surface area contributed by atoms with Gasteiger partial charge < -0.3 is 11.1 Å². The van der Waals surface area contributed by atoms with E-state index in [-0.39, 0.29) is 6.03 Å². The molecule has 0 spiro atoms. The SMILES string of the molecule is C/C(=N\NC(=O)Nc1c(C)cccc1C)c1cccc(N)c1. The van der Waals surface area contributed by atoms with Crippen LogP contribution in [0.4, 0.5) is 16.2 Å². The van der Waals surface area contributed by atoms with E-state index in [2.05, 4.69) is 15.8 Å². The molecule has 2 rings (SSSR count). The van der Waals surface area contributed by atoms with Crippen molar-refractivity contribution in [2.24, 2.45) is 5.10 Å². The number of carbonyl (C=O) groups excluding carboxylic acids is 1. The molecular formula is C17H20N4O. The molecule has 0 saturated carbocycles. The maximum Gasteiger partial charge on any atom is 0.339 e. The number of nitrogens with one attached hydrogen (secondary N) is 2. The molecule has 0 atom stereocenters. The van der Waals surface area contributed by atoms with Gasteiger partial charge in [-0.2, -0.15) is 5.10 Å². The lowest BCUT2D eigenvalue weighted by atomic mass is 10.1. The number of para-hydroxylation sites is 1. The van der Waals surface area contributed by atoms with E-state index in [1.54, 1.807) is 6.07 Å². The Kier molecular flexibility index (Phi) is 4.78. The first-order valence-corrected chi connectivity index (χ1v) is 7.01. The molecule has 0 heterocycles. The fourth-order valence-corrected chi connectivity index (χ4v) is 2.12. The van der Waals surface area contributed by atoms with Crippen LogP contribution in [0.15, 0.2) is 47.6 Å². The van der Waals surface area contributed by atoms with Gasteiger partial charge in [0, 0.05) is 11.4 Å². The molecule has 0 fully saturated rings. The summed E-state index contributed by atoms with van der Waals surface area (Å²) in [5.74, 6) is 0. The average Bonchev–Trinajstić information content (AvgIpc) is 2.48. The van der Waals surface area contributed by atoms with Gasteiger partial charge in [0.2, 0.25) is 0 Å². The fourth-order valence-electron chi connectivity index (χ4n) is 2.12. The molecule has 0 saturated heterocycles. The second kappa shape index (κ2) is 6.76. The zero-order valence-corrected chi connectivity index (χ0v) is 13.0. The van der Waals surface area contributed by atoms with E-state index in [4.69, 9.17) is 5.73 Å².